The average Bonchev–Trinajstić information content (AvgIpc) is 3.01. The Morgan fingerprint density at radius 2 is 2.00 bits per heavy atom. The van der Waals surface area contributed by atoms with E-state index in [4.69, 9.17) is 4.74 Å². The van der Waals surface area contributed by atoms with Gasteiger partial charge in [-0.2, -0.15) is 0 Å². The van der Waals surface area contributed by atoms with Crippen LogP contribution in [0.1, 0.15) is 15.9 Å². The van der Waals surface area contributed by atoms with E-state index in [2.05, 4.69) is 10.2 Å². The van der Waals surface area contributed by atoms with E-state index >= 15 is 0 Å². The lowest BCUT2D eigenvalue weighted by Gasteiger charge is -2.08. The fraction of sp³-hybridized carbons (Fsp3) is 0.167. The van der Waals surface area contributed by atoms with Crippen LogP contribution in [0.25, 0.3) is 11.4 Å². The molecule has 0 radical (unpaired) electrons. The molecule has 0 N–H and O–H groups in total. The van der Waals surface area contributed by atoms with Crippen LogP contribution in [0.2, 0.25) is 0 Å². The van der Waals surface area contributed by atoms with Crippen LogP contribution < -0.4 is 0 Å². The molecule has 3 rings (SSSR count). The highest BCUT2D eigenvalue weighted by atomic mass is 32.2. The third-order valence-corrected chi connectivity index (χ3v) is 5.01. The van der Waals surface area contributed by atoms with Crippen LogP contribution in [-0.2, 0) is 11.8 Å². The van der Waals surface area contributed by atoms with Crippen molar-refractivity contribution in [1.29, 1.82) is 0 Å². The van der Waals surface area contributed by atoms with Crippen molar-refractivity contribution < 1.29 is 14.5 Å². The zero-order chi connectivity index (χ0) is 19.6. The fourth-order valence-electron chi connectivity index (χ4n) is 2.53. The Morgan fingerprint density at radius 1 is 1.22 bits per heavy atom. The van der Waals surface area contributed by atoms with Gasteiger partial charge in [-0.25, -0.2) is 4.79 Å². The van der Waals surface area contributed by atoms with Crippen LogP contribution in [0, 0.1) is 17.0 Å². The van der Waals surface area contributed by atoms with E-state index in [-0.39, 0.29) is 11.3 Å². The standard InChI is InChI=1S/C18H16N4O4S/c1-11-5-4-6-12(9-11)16-19-20-18(21(16)2)27-15-8-7-13(22(24)25)10-14(15)17(23)26-3/h4-10H,1-3H3. The molecule has 0 saturated heterocycles. The van der Waals surface area contributed by atoms with Gasteiger partial charge in [-0.1, -0.05) is 23.8 Å². The second kappa shape index (κ2) is 7.58. The van der Waals surface area contributed by atoms with E-state index in [1.165, 1.54) is 37.1 Å². The molecule has 8 nitrogen and oxygen atoms in total. The molecule has 138 valence electrons. The molecule has 0 saturated carbocycles. The Bertz CT molecular complexity index is 1030. The van der Waals surface area contributed by atoms with Crippen LogP contribution in [0.4, 0.5) is 5.69 Å². The number of nitro groups is 1. The lowest BCUT2D eigenvalue weighted by atomic mass is 10.1. The summed E-state index contributed by atoms with van der Waals surface area (Å²) in [6.45, 7) is 2.00. The second-order valence-electron chi connectivity index (χ2n) is 5.77. The van der Waals surface area contributed by atoms with Gasteiger partial charge < -0.3 is 9.30 Å². The summed E-state index contributed by atoms with van der Waals surface area (Å²) in [5.41, 5.74) is 1.96. The van der Waals surface area contributed by atoms with Crippen molar-refractivity contribution in [1.82, 2.24) is 14.8 Å². The molecule has 1 aromatic heterocycles. The van der Waals surface area contributed by atoms with Crippen LogP contribution in [-0.4, -0.2) is 32.8 Å². The minimum absolute atomic E-state index is 0.108. The number of non-ortho nitro benzene ring substituents is 1. The quantitative estimate of drug-likeness (QED) is 0.376. The maximum Gasteiger partial charge on any atom is 0.339 e. The van der Waals surface area contributed by atoms with Crippen molar-refractivity contribution in [3.05, 3.63) is 63.7 Å². The summed E-state index contributed by atoms with van der Waals surface area (Å²) in [4.78, 5) is 23.0. The van der Waals surface area contributed by atoms with E-state index in [1.807, 2.05) is 42.8 Å². The van der Waals surface area contributed by atoms with Gasteiger partial charge in [0.25, 0.3) is 5.69 Å². The average molecular weight is 384 g/mol. The molecular formula is C18H16N4O4S. The number of esters is 1. The summed E-state index contributed by atoms with van der Waals surface area (Å²) >= 11 is 1.19. The lowest BCUT2D eigenvalue weighted by molar-refractivity contribution is -0.384. The van der Waals surface area contributed by atoms with E-state index in [0.717, 1.165) is 11.1 Å². The number of benzene rings is 2. The molecule has 0 aliphatic heterocycles. The number of nitro benzene ring substituents is 1. The topological polar surface area (TPSA) is 100 Å². The van der Waals surface area contributed by atoms with Gasteiger partial charge in [0.1, 0.15) is 0 Å². The SMILES string of the molecule is COC(=O)c1cc([N+](=O)[O-])ccc1Sc1nnc(-c2cccc(C)c2)n1C. The van der Waals surface area contributed by atoms with Crippen molar-refractivity contribution in [3.8, 4) is 11.4 Å². The van der Waals surface area contributed by atoms with Crippen LogP contribution in [0.15, 0.2) is 52.5 Å². The zero-order valence-corrected chi connectivity index (χ0v) is 15.7. The smallest absolute Gasteiger partial charge is 0.339 e. The number of nitrogens with zero attached hydrogens (tertiary/aromatic N) is 4. The van der Waals surface area contributed by atoms with E-state index < -0.39 is 10.9 Å². The Labute approximate surface area is 159 Å². The minimum Gasteiger partial charge on any atom is -0.465 e. The van der Waals surface area contributed by atoms with E-state index in [0.29, 0.717) is 15.9 Å². The molecule has 27 heavy (non-hydrogen) atoms. The summed E-state index contributed by atoms with van der Waals surface area (Å²) < 4.78 is 6.56. The molecule has 0 amide bonds. The molecule has 3 aromatic rings. The van der Waals surface area contributed by atoms with Gasteiger partial charge in [-0.15, -0.1) is 10.2 Å². The molecule has 0 aliphatic rings. The highest BCUT2D eigenvalue weighted by Gasteiger charge is 2.20. The summed E-state index contributed by atoms with van der Waals surface area (Å²) in [5, 5.41) is 20.0. The Balaban J connectivity index is 1.98. The molecule has 2 aromatic carbocycles. The molecule has 0 fully saturated rings. The monoisotopic (exact) mass is 384 g/mol. The first-order valence-corrected chi connectivity index (χ1v) is 8.73. The van der Waals surface area contributed by atoms with Crippen LogP contribution in [0.3, 0.4) is 0 Å². The Kier molecular flexibility index (Phi) is 5.22. The van der Waals surface area contributed by atoms with Crippen molar-refractivity contribution in [2.24, 2.45) is 7.05 Å². The first-order valence-electron chi connectivity index (χ1n) is 7.91. The lowest BCUT2D eigenvalue weighted by Crippen LogP contribution is -2.05. The van der Waals surface area contributed by atoms with Gasteiger partial charge in [0.2, 0.25) is 0 Å². The number of ether oxygens (including phenoxy) is 1. The molecule has 0 aliphatic carbocycles. The predicted octanol–water partition coefficient (Wildman–Crippen LogP) is 3.64. The third kappa shape index (κ3) is 3.82. The summed E-state index contributed by atoms with van der Waals surface area (Å²) in [7, 11) is 3.05. The van der Waals surface area contributed by atoms with Crippen LogP contribution >= 0.6 is 11.8 Å². The molecule has 0 spiro atoms. The summed E-state index contributed by atoms with van der Waals surface area (Å²) in [6.07, 6.45) is 0. The summed E-state index contributed by atoms with van der Waals surface area (Å²) in [6, 6.07) is 11.9. The Hall–Kier alpha value is -3.20. The number of hydrogen-bond acceptors (Lipinski definition) is 7. The molecule has 1 heterocycles. The van der Waals surface area contributed by atoms with Crippen molar-refractivity contribution in [3.63, 3.8) is 0 Å². The number of aryl methyl sites for hydroxylation is 1. The number of methoxy groups -OCH3 is 1. The van der Waals surface area contributed by atoms with Crippen molar-refractivity contribution >= 4 is 23.4 Å². The molecular weight excluding hydrogens is 368 g/mol. The molecule has 0 atom stereocenters. The number of carbonyl (C=O) groups is 1. The normalized spacial score (nSPS) is 10.6. The zero-order valence-electron chi connectivity index (χ0n) is 14.9. The maximum absolute atomic E-state index is 12.0. The van der Waals surface area contributed by atoms with E-state index in [1.54, 1.807) is 0 Å². The molecule has 0 bridgehead atoms. The van der Waals surface area contributed by atoms with Crippen molar-refractivity contribution in [2.75, 3.05) is 7.11 Å². The van der Waals surface area contributed by atoms with Gasteiger partial charge >= 0.3 is 5.97 Å². The van der Waals surface area contributed by atoms with Crippen molar-refractivity contribution in [2.45, 2.75) is 17.0 Å². The number of rotatable bonds is 5. The third-order valence-electron chi connectivity index (χ3n) is 3.89. The Morgan fingerprint density at radius 3 is 2.67 bits per heavy atom. The fourth-order valence-corrected chi connectivity index (χ4v) is 3.42. The van der Waals surface area contributed by atoms with E-state index in [9.17, 15) is 14.9 Å². The predicted molar refractivity (Wildman–Crippen MR) is 99.7 cm³/mol. The summed E-state index contributed by atoms with van der Waals surface area (Å²) in [5.74, 6) is 0.0324. The van der Waals surface area contributed by atoms with Gasteiger partial charge in [-0.05, 0) is 30.8 Å². The highest BCUT2D eigenvalue weighted by Crippen LogP contribution is 2.33. The molecule has 9 heteroatoms. The van der Waals surface area contributed by atoms with Gasteiger partial charge in [0.15, 0.2) is 11.0 Å². The maximum atomic E-state index is 12.0. The number of carbonyl (C=O) groups excluding carboxylic acids is 1. The minimum atomic E-state index is -0.651. The first-order chi connectivity index (χ1) is 12.9. The first kappa shape index (κ1) is 18.6. The van der Waals surface area contributed by atoms with Gasteiger partial charge in [0, 0.05) is 29.6 Å². The molecule has 0 unspecified atom stereocenters. The van der Waals surface area contributed by atoms with Gasteiger partial charge in [-0.3, -0.25) is 10.1 Å². The number of aromatic nitrogens is 3. The highest BCUT2D eigenvalue weighted by molar-refractivity contribution is 7.99. The largest absolute Gasteiger partial charge is 0.465 e. The number of hydrogen-bond donors (Lipinski definition) is 0. The van der Waals surface area contributed by atoms with Crippen LogP contribution in [0.5, 0.6) is 0 Å². The van der Waals surface area contributed by atoms with Gasteiger partial charge in [0.05, 0.1) is 17.6 Å². The second-order valence-corrected chi connectivity index (χ2v) is 6.77.